The Balaban J connectivity index is 1.99. The average molecular weight is 297 g/mol. The maximum atomic E-state index is 12.4. The third kappa shape index (κ3) is 2.36. The SMILES string of the molecule is CCCC(=O)N1CN(c2ccc(C)cc2)C(N)=C2C=NN=C21. The van der Waals surface area contributed by atoms with Crippen LogP contribution < -0.4 is 10.6 Å². The number of carbonyl (C=O) groups excluding carboxylic acids is 1. The Kier molecular flexibility index (Phi) is 3.66. The molecule has 1 amide bonds. The van der Waals surface area contributed by atoms with Crippen molar-refractivity contribution in [3.63, 3.8) is 0 Å². The van der Waals surface area contributed by atoms with E-state index in [0.29, 0.717) is 30.3 Å². The number of hydrogen-bond acceptors (Lipinski definition) is 5. The first-order valence-corrected chi connectivity index (χ1v) is 7.37. The van der Waals surface area contributed by atoms with E-state index in [9.17, 15) is 4.79 Å². The third-order valence-corrected chi connectivity index (χ3v) is 3.80. The van der Waals surface area contributed by atoms with Crippen molar-refractivity contribution in [3.8, 4) is 0 Å². The van der Waals surface area contributed by atoms with E-state index in [0.717, 1.165) is 12.1 Å². The smallest absolute Gasteiger partial charge is 0.229 e. The molecule has 0 saturated heterocycles. The summed E-state index contributed by atoms with van der Waals surface area (Å²) in [6.45, 7) is 4.38. The second-order valence-electron chi connectivity index (χ2n) is 5.44. The predicted molar refractivity (Wildman–Crippen MR) is 87.4 cm³/mol. The fourth-order valence-corrected chi connectivity index (χ4v) is 2.55. The summed E-state index contributed by atoms with van der Waals surface area (Å²) in [5.41, 5.74) is 9.10. The minimum absolute atomic E-state index is 0.0360. The summed E-state index contributed by atoms with van der Waals surface area (Å²) in [6, 6.07) is 8.05. The zero-order valence-corrected chi connectivity index (χ0v) is 12.8. The van der Waals surface area contributed by atoms with E-state index in [4.69, 9.17) is 5.73 Å². The van der Waals surface area contributed by atoms with Crippen LogP contribution in [-0.2, 0) is 4.79 Å². The van der Waals surface area contributed by atoms with E-state index in [-0.39, 0.29) is 5.91 Å². The fraction of sp³-hybridized carbons (Fsp3) is 0.312. The largest absolute Gasteiger partial charge is 0.384 e. The van der Waals surface area contributed by atoms with Crippen molar-refractivity contribution in [2.45, 2.75) is 26.7 Å². The molecule has 2 aliphatic rings. The van der Waals surface area contributed by atoms with Crippen LogP contribution in [0.3, 0.4) is 0 Å². The van der Waals surface area contributed by atoms with Gasteiger partial charge in [0.05, 0.1) is 11.8 Å². The number of aryl methyl sites for hydroxylation is 1. The first-order valence-electron chi connectivity index (χ1n) is 7.37. The molecule has 6 heteroatoms. The van der Waals surface area contributed by atoms with E-state index < -0.39 is 0 Å². The predicted octanol–water partition coefficient (Wildman–Crippen LogP) is 1.97. The third-order valence-electron chi connectivity index (χ3n) is 3.80. The number of amidine groups is 1. The second-order valence-corrected chi connectivity index (χ2v) is 5.44. The number of anilines is 1. The van der Waals surface area contributed by atoms with Crippen LogP contribution >= 0.6 is 0 Å². The maximum absolute atomic E-state index is 12.4. The van der Waals surface area contributed by atoms with Gasteiger partial charge in [-0.1, -0.05) is 24.6 Å². The van der Waals surface area contributed by atoms with E-state index in [2.05, 4.69) is 10.2 Å². The molecule has 0 bridgehead atoms. The highest BCUT2D eigenvalue weighted by molar-refractivity contribution is 6.22. The summed E-state index contributed by atoms with van der Waals surface area (Å²) >= 11 is 0. The number of nitrogens with two attached hydrogens (primary N) is 1. The molecular weight excluding hydrogens is 278 g/mol. The average Bonchev–Trinajstić information content (AvgIpc) is 2.99. The minimum atomic E-state index is 0.0360. The van der Waals surface area contributed by atoms with Crippen LogP contribution in [0, 0.1) is 6.92 Å². The lowest BCUT2D eigenvalue weighted by molar-refractivity contribution is -0.127. The van der Waals surface area contributed by atoms with Gasteiger partial charge in [-0.2, -0.15) is 5.10 Å². The number of nitrogens with zero attached hydrogens (tertiary/aromatic N) is 4. The van der Waals surface area contributed by atoms with Crippen molar-refractivity contribution in [2.24, 2.45) is 15.9 Å². The van der Waals surface area contributed by atoms with E-state index in [1.807, 2.05) is 43.0 Å². The molecule has 2 N–H and O–H groups in total. The van der Waals surface area contributed by atoms with Gasteiger partial charge in [0.15, 0.2) is 5.84 Å². The van der Waals surface area contributed by atoms with E-state index in [1.54, 1.807) is 11.1 Å². The molecule has 0 atom stereocenters. The van der Waals surface area contributed by atoms with Crippen LogP contribution in [0.25, 0.3) is 0 Å². The van der Waals surface area contributed by atoms with E-state index >= 15 is 0 Å². The number of rotatable bonds is 3. The van der Waals surface area contributed by atoms with Gasteiger partial charge in [-0.05, 0) is 25.5 Å². The number of hydrogen-bond donors (Lipinski definition) is 1. The Labute approximate surface area is 129 Å². The Bertz CT molecular complexity index is 687. The number of fused-ring (bicyclic) bond motifs is 1. The van der Waals surface area contributed by atoms with Gasteiger partial charge >= 0.3 is 0 Å². The maximum Gasteiger partial charge on any atom is 0.229 e. The summed E-state index contributed by atoms with van der Waals surface area (Å²) in [7, 11) is 0. The van der Waals surface area contributed by atoms with Crippen molar-refractivity contribution in [3.05, 3.63) is 41.2 Å². The first-order chi connectivity index (χ1) is 10.6. The van der Waals surface area contributed by atoms with Gasteiger partial charge in [0, 0.05) is 12.1 Å². The van der Waals surface area contributed by atoms with Crippen LogP contribution in [0.15, 0.2) is 45.9 Å². The highest BCUT2D eigenvalue weighted by Crippen LogP contribution is 2.26. The Hall–Kier alpha value is -2.63. The molecule has 0 spiro atoms. The van der Waals surface area contributed by atoms with Gasteiger partial charge < -0.3 is 10.6 Å². The second kappa shape index (κ2) is 5.63. The molecule has 1 aromatic rings. The summed E-state index contributed by atoms with van der Waals surface area (Å²) in [5, 5.41) is 7.98. The lowest BCUT2D eigenvalue weighted by Gasteiger charge is -2.37. The topological polar surface area (TPSA) is 74.3 Å². The number of amides is 1. The molecule has 0 unspecified atom stereocenters. The molecule has 0 saturated carbocycles. The molecule has 2 aliphatic heterocycles. The minimum Gasteiger partial charge on any atom is -0.384 e. The Morgan fingerprint density at radius 2 is 2.05 bits per heavy atom. The first kappa shape index (κ1) is 14.3. The molecule has 0 aromatic heterocycles. The van der Waals surface area contributed by atoms with Gasteiger partial charge in [-0.15, -0.1) is 5.10 Å². The van der Waals surface area contributed by atoms with Gasteiger partial charge in [-0.3, -0.25) is 9.69 Å². The number of benzene rings is 1. The van der Waals surface area contributed by atoms with Gasteiger partial charge in [-0.25, -0.2) is 0 Å². The van der Waals surface area contributed by atoms with Crippen LogP contribution in [-0.4, -0.2) is 29.5 Å². The molecular formula is C16H19N5O. The molecule has 22 heavy (non-hydrogen) atoms. The van der Waals surface area contributed by atoms with Crippen LogP contribution in [0.2, 0.25) is 0 Å². The van der Waals surface area contributed by atoms with Crippen LogP contribution in [0.1, 0.15) is 25.3 Å². The molecule has 1 aromatic carbocycles. The van der Waals surface area contributed by atoms with E-state index in [1.165, 1.54) is 5.56 Å². The van der Waals surface area contributed by atoms with Crippen molar-refractivity contribution >= 4 is 23.6 Å². The Morgan fingerprint density at radius 3 is 2.73 bits per heavy atom. The summed E-state index contributed by atoms with van der Waals surface area (Å²) in [4.78, 5) is 15.9. The fourth-order valence-electron chi connectivity index (χ4n) is 2.55. The zero-order chi connectivity index (χ0) is 15.7. The Morgan fingerprint density at radius 1 is 1.32 bits per heavy atom. The van der Waals surface area contributed by atoms with Crippen LogP contribution in [0.5, 0.6) is 0 Å². The highest BCUT2D eigenvalue weighted by Gasteiger charge is 2.34. The molecule has 2 heterocycles. The van der Waals surface area contributed by atoms with Gasteiger partial charge in [0.2, 0.25) is 5.91 Å². The molecule has 6 nitrogen and oxygen atoms in total. The molecule has 3 rings (SSSR count). The monoisotopic (exact) mass is 297 g/mol. The van der Waals surface area contributed by atoms with Gasteiger partial charge in [0.1, 0.15) is 12.5 Å². The van der Waals surface area contributed by atoms with Crippen molar-refractivity contribution < 1.29 is 4.79 Å². The van der Waals surface area contributed by atoms with Crippen molar-refractivity contribution in [1.29, 1.82) is 0 Å². The summed E-state index contributed by atoms with van der Waals surface area (Å²) < 4.78 is 0. The molecule has 114 valence electrons. The van der Waals surface area contributed by atoms with Crippen molar-refractivity contribution in [1.82, 2.24) is 4.90 Å². The summed E-state index contributed by atoms with van der Waals surface area (Å²) in [6.07, 6.45) is 2.88. The molecule has 0 radical (unpaired) electrons. The summed E-state index contributed by atoms with van der Waals surface area (Å²) in [5.74, 6) is 1.16. The molecule has 0 aliphatic carbocycles. The van der Waals surface area contributed by atoms with Crippen molar-refractivity contribution in [2.75, 3.05) is 11.6 Å². The lowest BCUT2D eigenvalue weighted by Crippen LogP contribution is -2.51. The van der Waals surface area contributed by atoms with Gasteiger partial charge in [0.25, 0.3) is 0 Å². The normalized spacial score (nSPS) is 16.9. The number of carbonyl (C=O) groups is 1. The zero-order valence-electron chi connectivity index (χ0n) is 12.8. The van der Waals surface area contributed by atoms with Crippen LogP contribution in [0.4, 0.5) is 5.69 Å². The highest BCUT2D eigenvalue weighted by atomic mass is 16.2. The molecule has 0 fully saturated rings. The quantitative estimate of drug-likeness (QED) is 0.927. The lowest BCUT2D eigenvalue weighted by atomic mass is 10.1. The standard InChI is InChI=1S/C16H19N5O/c1-3-4-14(22)21-10-20(12-7-5-11(2)6-8-12)15(17)13-9-18-19-16(13)21/h5-9H,3-4,10,17H2,1-2H3.